The first-order valence-electron chi connectivity index (χ1n) is 10.4. The number of aliphatic hydroxyl groups excluding tert-OH is 1. The Hall–Kier alpha value is -3.24. The minimum Gasteiger partial charge on any atom is -0.395 e. The first kappa shape index (κ1) is 17.6. The highest BCUT2D eigenvalue weighted by Crippen LogP contribution is 2.63. The minimum atomic E-state index is -0.884. The average Bonchev–Trinajstić information content (AvgIpc) is 3.05. The summed E-state index contributed by atoms with van der Waals surface area (Å²) >= 11 is 0. The maximum atomic E-state index is 13.7. The van der Waals surface area contributed by atoms with Crippen molar-refractivity contribution >= 4 is 11.8 Å². The van der Waals surface area contributed by atoms with Crippen LogP contribution in [-0.4, -0.2) is 28.4 Å². The molecular formula is C26H21NO3. The summed E-state index contributed by atoms with van der Waals surface area (Å²) in [4.78, 5) is 28.8. The standard InChI is InChI=1S/C26H21NO3/c28-15-26-19-12-6-4-10-17(19)21(18-11-5-7-13-20(18)26)22-23(26)25(30)27(24(22)29)14-16-8-2-1-3-9-16/h1-13,21-23,28H,14-15H2/t21?,22-,23-,26?/m0/s1. The van der Waals surface area contributed by atoms with Crippen LogP contribution in [0, 0.1) is 11.8 Å². The molecular weight excluding hydrogens is 374 g/mol. The molecule has 4 aliphatic rings. The molecule has 3 aromatic carbocycles. The molecule has 2 atom stereocenters. The van der Waals surface area contributed by atoms with Crippen LogP contribution in [0.5, 0.6) is 0 Å². The normalized spacial score (nSPS) is 28.3. The van der Waals surface area contributed by atoms with Gasteiger partial charge in [-0.2, -0.15) is 0 Å². The molecule has 0 aromatic heterocycles. The van der Waals surface area contributed by atoms with Crippen molar-refractivity contribution in [1.82, 2.24) is 4.90 Å². The number of likely N-dealkylation sites (tertiary alicyclic amines) is 1. The van der Waals surface area contributed by atoms with Gasteiger partial charge in [0.25, 0.3) is 0 Å². The van der Waals surface area contributed by atoms with Gasteiger partial charge in [-0.1, -0.05) is 78.9 Å². The highest BCUT2D eigenvalue weighted by atomic mass is 16.3. The van der Waals surface area contributed by atoms with Crippen LogP contribution in [0.1, 0.15) is 33.7 Å². The SMILES string of the molecule is O=C1[C@@H]2[C@@H](C(=O)N1Cc1ccccc1)C1c3ccccc3C2(CO)c2ccccc21. The van der Waals surface area contributed by atoms with Crippen LogP contribution < -0.4 is 0 Å². The zero-order chi connectivity index (χ0) is 20.5. The lowest BCUT2D eigenvalue weighted by Crippen LogP contribution is -2.55. The van der Waals surface area contributed by atoms with Gasteiger partial charge in [0.05, 0.1) is 30.4 Å². The predicted molar refractivity (Wildman–Crippen MR) is 112 cm³/mol. The third kappa shape index (κ3) is 1.99. The van der Waals surface area contributed by atoms with Gasteiger partial charge in [0.2, 0.25) is 11.8 Å². The fourth-order valence-electron chi connectivity index (χ4n) is 6.18. The van der Waals surface area contributed by atoms with Crippen molar-refractivity contribution in [3.63, 3.8) is 0 Å². The van der Waals surface area contributed by atoms with Crippen LogP contribution in [0.25, 0.3) is 0 Å². The van der Waals surface area contributed by atoms with E-state index in [1.165, 1.54) is 4.90 Å². The molecule has 3 aliphatic carbocycles. The van der Waals surface area contributed by atoms with E-state index < -0.39 is 17.3 Å². The number of carbonyl (C=O) groups excluding carboxylic acids is 2. The van der Waals surface area contributed by atoms with Gasteiger partial charge < -0.3 is 5.11 Å². The van der Waals surface area contributed by atoms with Crippen molar-refractivity contribution < 1.29 is 14.7 Å². The Morgan fingerprint density at radius 1 is 0.767 bits per heavy atom. The Labute approximate surface area is 174 Å². The highest BCUT2D eigenvalue weighted by molar-refractivity contribution is 6.08. The fourth-order valence-corrected chi connectivity index (χ4v) is 6.18. The average molecular weight is 395 g/mol. The minimum absolute atomic E-state index is 0.124. The second-order valence-corrected chi connectivity index (χ2v) is 8.53. The molecule has 3 aromatic rings. The van der Waals surface area contributed by atoms with Crippen LogP contribution in [-0.2, 0) is 21.5 Å². The Kier molecular flexibility index (Phi) is 3.60. The quantitative estimate of drug-likeness (QED) is 0.693. The van der Waals surface area contributed by atoms with Crippen molar-refractivity contribution in [3.8, 4) is 0 Å². The number of carbonyl (C=O) groups is 2. The van der Waals surface area contributed by atoms with Crippen LogP contribution in [0.3, 0.4) is 0 Å². The van der Waals surface area contributed by atoms with Crippen LogP contribution in [0.15, 0.2) is 78.9 Å². The van der Waals surface area contributed by atoms with E-state index in [2.05, 4.69) is 0 Å². The van der Waals surface area contributed by atoms with E-state index in [1.54, 1.807) is 0 Å². The van der Waals surface area contributed by atoms with E-state index in [-0.39, 0.29) is 30.9 Å². The topological polar surface area (TPSA) is 57.6 Å². The van der Waals surface area contributed by atoms with E-state index in [0.29, 0.717) is 0 Å². The third-order valence-corrected chi connectivity index (χ3v) is 7.32. The van der Waals surface area contributed by atoms with E-state index in [9.17, 15) is 14.7 Å². The molecule has 1 fully saturated rings. The smallest absolute Gasteiger partial charge is 0.234 e. The van der Waals surface area contributed by atoms with Gasteiger partial charge in [0, 0.05) is 5.92 Å². The number of hydrogen-bond acceptors (Lipinski definition) is 3. The van der Waals surface area contributed by atoms with Gasteiger partial charge >= 0.3 is 0 Å². The second-order valence-electron chi connectivity index (χ2n) is 8.53. The molecule has 2 bridgehead atoms. The van der Waals surface area contributed by atoms with Crippen LogP contribution in [0.2, 0.25) is 0 Å². The van der Waals surface area contributed by atoms with Crippen molar-refractivity contribution in [2.75, 3.05) is 6.61 Å². The molecule has 7 rings (SSSR count). The summed E-state index contributed by atoms with van der Waals surface area (Å²) in [7, 11) is 0. The maximum Gasteiger partial charge on any atom is 0.234 e. The monoisotopic (exact) mass is 395 g/mol. The molecule has 1 saturated heterocycles. The fraction of sp³-hybridized carbons (Fsp3) is 0.231. The molecule has 0 radical (unpaired) electrons. The number of benzene rings is 3. The van der Waals surface area contributed by atoms with E-state index in [1.807, 2.05) is 78.9 Å². The van der Waals surface area contributed by atoms with Crippen LogP contribution in [0.4, 0.5) is 0 Å². The lowest BCUT2D eigenvalue weighted by Gasteiger charge is -2.53. The molecule has 4 nitrogen and oxygen atoms in total. The number of imide groups is 1. The molecule has 4 heteroatoms. The molecule has 1 heterocycles. The second kappa shape index (κ2) is 6.13. The van der Waals surface area contributed by atoms with Crippen molar-refractivity contribution in [3.05, 3.63) is 107 Å². The summed E-state index contributed by atoms with van der Waals surface area (Å²) in [6, 6.07) is 25.6. The van der Waals surface area contributed by atoms with Gasteiger partial charge in [0.15, 0.2) is 0 Å². The van der Waals surface area contributed by atoms with Crippen molar-refractivity contribution in [2.24, 2.45) is 11.8 Å². The van der Waals surface area contributed by atoms with Crippen LogP contribution >= 0.6 is 0 Å². The van der Waals surface area contributed by atoms with Gasteiger partial charge in [-0.15, -0.1) is 0 Å². The number of rotatable bonds is 3. The molecule has 1 aliphatic heterocycles. The maximum absolute atomic E-state index is 13.7. The number of nitrogens with zero attached hydrogens (tertiary/aromatic N) is 1. The lowest BCUT2D eigenvalue weighted by molar-refractivity contribution is -0.141. The van der Waals surface area contributed by atoms with Gasteiger partial charge in [0.1, 0.15) is 0 Å². The lowest BCUT2D eigenvalue weighted by atomic mass is 9.47. The zero-order valence-corrected chi connectivity index (χ0v) is 16.4. The Bertz CT molecular complexity index is 1140. The summed E-state index contributed by atoms with van der Waals surface area (Å²) in [6.07, 6.45) is 0. The van der Waals surface area contributed by atoms with Crippen molar-refractivity contribution in [2.45, 2.75) is 17.9 Å². The third-order valence-electron chi connectivity index (χ3n) is 7.32. The summed E-state index contributed by atoms with van der Waals surface area (Å²) in [5, 5.41) is 10.8. The molecule has 0 unspecified atom stereocenters. The Morgan fingerprint density at radius 3 is 1.93 bits per heavy atom. The molecule has 2 amide bonds. The summed E-state index contributed by atoms with van der Waals surface area (Å²) in [5.74, 6) is -1.50. The van der Waals surface area contributed by atoms with Crippen molar-refractivity contribution in [1.29, 1.82) is 0 Å². The van der Waals surface area contributed by atoms with Gasteiger partial charge in [-0.05, 0) is 27.8 Å². The van der Waals surface area contributed by atoms with E-state index >= 15 is 0 Å². The first-order chi connectivity index (χ1) is 14.7. The number of hydrogen-bond donors (Lipinski definition) is 1. The summed E-state index contributed by atoms with van der Waals surface area (Å²) in [6.45, 7) is 0.0690. The molecule has 1 N–H and O–H groups in total. The number of amides is 2. The molecule has 0 spiro atoms. The Balaban J connectivity index is 1.57. The summed E-state index contributed by atoms with van der Waals surface area (Å²) in [5.41, 5.74) is 4.15. The molecule has 0 saturated carbocycles. The first-order valence-corrected chi connectivity index (χ1v) is 10.4. The Morgan fingerprint density at radius 2 is 1.33 bits per heavy atom. The van der Waals surface area contributed by atoms with Gasteiger partial charge in [-0.3, -0.25) is 14.5 Å². The van der Waals surface area contributed by atoms with Gasteiger partial charge in [-0.25, -0.2) is 0 Å². The largest absolute Gasteiger partial charge is 0.395 e. The molecule has 30 heavy (non-hydrogen) atoms. The van der Waals surface area contributed by atoms with E-state index in [0.717, 1.165) is 27.8 Å². The van der Waals surface area contributed by atoms with E-state index in [4.69, 9.17) is 0 Å². The predicted octanol–water partition coefficient (Wildman–Crippen LogP) is 3.23. The number of aliphatic hydroxyl groups is 1. The molecule has 148 valence electrons. The zero-order valence-electron chi connectivity index (χ0n) is 16.4. The summed E-state index contributed by atoms with van der Waals surface area (Å²) < 4.78 is 0. The highest BCUT2D eigenvalue weighted by Gasteiger charge is 2.67.